The Kier molecular flexibility index (Phi) is 5.46. The number of nitrogens with zero attached hydrogens (tertiary/aromatic N) is 2. The summed E-state index contributed by atoms with van der Waals surface area (Å²) in [5.41, 5.74) is 4.06. The van der Waals surface area contributed by atoms with Crippen LogP contribution in [0, 0.1) is 4.77 Å². The predicted octanol–water partition coefficient (Wildman–Crippen LogP) is 3.14. The van der Waals surface area contributed by atoms with Crippen molar-refractivity contribution >= 4 is 23.8 Å². The second kappa shape index (κ2) is 7.33. The van der Waals surface area contributed by atoms with Gasteiger partial charge in [-0.05, 0) is 36.3 Å². The first-order valence-electron chi connectivity index (χ1n) is 6.50. The average Bonchev–Trinajstić information content (AvgIpc) is 2.88. The zero-order valence-corrected chi connectivity index (χ0v) is 13.4. The lowest BCUT2D eigenvalue weighted by atomic mass is 10.2. The lowest BCUT2D eigenvalue weighted by Crippen LogP contribution is -2.13. The van der Waals surface area contributed by atoms with Gasteiger partial charge in [0, 0.05) is 0 Å². The van der Waals surface area contributed by atoms with Crippen molar-refractivity contribution in [3.8, 4) is 11.5 Å². The number of nitrogens with one attached hydrogen (secondary N) is 2. The van der Waals surface area contributed by atoms with Crippen molar-refractivity contribution in [2.24, 2.45) is 0 Å². The Bertz CT molecular complexity index is 656. The maximum Gasteiger partial charge on any atom is 0.214 e. The third-order valence-electron chi connectivity index (χ3n) is 2.75. The van der Waals surface area contributed by atoms with Crippen molar-refractivity contribution in [3.63, 3.8) is 0 Å². The Morgan fingerprint density at radius 3 is 2.90 bits per heavy atom. The molecule has 0 atom stereocenters. The third-order valence-corrected chi connectivity index (χ3v) is 3.31. The summed E-state index contributed by atoms with van der Waals surface area (Å²) in [6.45, 7) is 3.16. The van der Waals surface area contributed by atoms with E-state index in [2.05, 4.69) is 15.6 Å². The van der Waals surface area contributed by atoms with Crippen molar-refractivity contribution < 1.29 is 9.47 Å². The SMILES string of the molecule is CCCOc1c(Cl)cc(CNn2cn[nH]c2=S)cc1OC. The molecule has 0 fully saturated rings. The van der Waals surface area contributed by atoms with Crippen molar-refractivity contribution in [1.82, 2.24) is 14.9 Å². The molecule has 2 aromatic rings. The molecule has 1 aromatic carbocycles. The molecule has 6 nitrogen and oxygen atoms in total. The summed E-state index contributed by atoms with van der Waals surface area (Å²) in [6, 6.07) is 3.72. The molecule has 0 aliphatic carbocycles. The third kappa shape index (κ3) is 3.89. The molecule has 0 aliphatic rings. The van der Waals surface area contributed by atoms with Crippen molar-refractivity contribution in [1.29, 1.82) is 0 Å². The summed E-state index contributed by atoms with van der Waals surface area (Å²) in [5.74, 6) is 1.19. The van der Waals surface area contributed by atoms with Crippen LogP contribution in [0.25, 0.3) is 0 Å². The van der Waals surface area contributed by atoms with E-state index in [9.17, 15) is 0 Å². The topological polar surface area (TPSA) is 64.1 Å². The molecule has 0 aliphatic heterocycles. The average molecular weight is 329 g/mol. The molecule has 8 heteroatoms. The van der Waals surface area contributed by atoms with E-state index in [1.54, 1.807) is 18.1 Å². The number of aromatic amines is 1. The number of rotatable bonds is 7. The van der Waals surface area contributed by atoms with E-state index >= 15 is 0 Å². The van der Waals surface area contributed by atoms with Gasteiger partial charge in [0.1, 0.15) is 6.33 Å². The van der Waals surface area contributed by atoms with Gasteiger partial charge in [0.2, 0.25) is 4.77 Å². The Hall–Kier alpha value is -1.73. The molecule has 0 saturated carbocycles. The first-order chi connectivity index (χ1) is 10.2. The number of benzene rings is 1. The summed E-state index contributed by atoms with van der Waals surface area (Å²) in [7, 11) is 1.59. The highest BCUT2D eigenvalue weighted by atomic mass is 35.5. The number of methoxy groups -OCH3 is 1. The van der Waals surface area contributed by atoms with Crippen LogP contribution in [0.5, 0.6) is 11.5 Å². The maximum atomic E-state index is 6.26. The fourth-order valence-corrected chi connectivity index (χ4v) is 2.21. The van der Waals surface area contributed by atoms with Gasteiger partial charge in [0.15, 0.2) is 11.5 Å². The Morgan fingerprint density at radius 1 is 1.48 bits per heavy atom. The summed E-state index contributed by atoms with van der Waals surface area (Å²) in [6.07, 6.45) is 2.47. The number of halogens is 1. The lowest BCUT2D eigenvalue weighted by molar-refractivity contribution is 0.294. The van der Waals surface area contributed by atoms with Gasteiger partial charge in [-0.2, -0.15) is 5.10 Å². The van der Waals surface area contributed by atoms with Gasteiger partial charge in [-0.15, -0.1) is 0 Å². The van der Waals surface area contributed by atoms with E-state index in [4.69, 9.17) is 33.3 Å². The van der Waals surface area contributed by atoms with E-state index < -0.39 is 0 Å². The summed E-state index contributed by atoms with van der Waals surface area (Å²) < 4.78 is 13.1. The molecular weight excluding hydrogens is 312 g/mol. The minimum absolute atomic E-state index is 0.496. The molecule has 0 amide bonds. The second-order valence-electron chi connectivity index (χ2n) is 4.32. The van der Waals surface area contributed by atoms with Crippen LogP contribution in [-0.4, -0.2) is 28.6 Å². The van der Waals surface area contributed by atoms with Gasteiger partial charge in [0.25, 0.3) is 0 Å². The van der Waals surface area contributed by atoms with Crippen LogP contribution in [0.4, 0.5) is 0 Å². The summed E-state index contributed by atoms with van der Waals surface area (Å²) >= 11 is 11.3. The normalized spacial score (nSPS) is 10.4. The smallest absolute Gasteiger partial charge is 0.214 e. The highest BCUT2D eigenvalue weighted by Gasteiger charge is 2.12. The zero-order chi connectivity index (χ0) is 15.2. The first kappa shape index (κ1) is 15.7. The van der Waals surface area contributed by atoms with Crippen molar-refractivity contribution in [2.75, 3.05) is 19.1 Å². The van der Waals surface area contributed by atoms with Crippen molar-refractivity contribution in [2.45, 2.75) is 19.9 Å². The maximum absolute atomic E-state index is 6.26. The van der Waals surface area contributed by atoms with Crippen LogP contribution >= 0.6 is 23.8 Å². The Labute approximate surface area is 133 Å². The van der Waals surface area contributed by atoms with Gasteiger partial charge >= 0.3 is 0 Å². The number of ether oxygens (including phenoxy) is 2. The molecular formula is C13H17ClN4O2S. The second-order valence-corrected chi connectivity index (χ2v) is 5.12. The van der Waals surface area contributed by atoms with Gasteiger partial charge in [0.05, 0.1) is 25.3 Å². The molecule has 2 N–H and O–H groups in total. The molecule has 0 spiro atoms. The monoisotopic (exact) mass is 328 g/mol. The number of hydrogen-bond donors (Lipinski definition) is 2. The Balaban J connectivity index is 2.15. The molecule has 114 valence electrons. The fourth-order valence-electron chi connectivity index (χ4n) is 1.76. The van der Waals surface area contributed by atoms with Gasteiger partial charge in [-0.3, -0.25) is 5.10 Å². The molecule has 21 heavy (non-hydrogen) atoms. The largest absolute Gasteiger partial charge is 0.493 e. The zero-order valence-electron chi connectivity index (χ0n) is 11.9. The molecule has 0 unspecified atom stereocenters. The van der Waals surface area contributed by atoms with Crippen LogP contribution < -0.4 is 14.9 Å². The molecule has 1 aromatic heterocycles. The quantitative estimate of drug-likeness (QED) is 0.764. The predicted molar refractivity (Wildman–Crippen MR) is 84.3 cm³/mol. The highest BCUT2D eigenvalue weighted by Crippen LogP contribution is 2.36. The molecule has 1 heterocycles. The summed E-state index contributed by atoms with van der Waals surface area (Å²) in [5, 5.41) is 7.02. The summed E-state index contributed by atoms with van der Waals surface area (Å²) in [4.78, 5) is 0. The van der Waals surface area contributed by atoms with E-state index in [0.717, 1.165) is 12.0 Å². The van der Waals surface area contributed by atoms with Crippen molar-refractivity contribution in [3.05, 3.63) is 33.8 Å². The molecule has 2 rings (SSSR count). The van der Waals surface area contributed by atoms with Crippen LogP contribution in [-0.2, 0) is 6.54 Å². The van der Waals surface area contributed by atoms with Gasteiger partial charge in [-0.25, -0.2) is 4.68 Å². The van der Waals surface area contributed by atoms with Crippen LogP contribution in [0.3, 0.4) is 0 Å². The van der Waals surface area contributed by atoms with E-state index in [-0.39, 0.29) is 0 Å². The first-order valence-corrected chi connectivity index (χ1v) is 7.29. The highest BCUT2D eigenvalue weighted by molar-refractivity contribution is 7.71. The minimum atomic E-state index is 0.496. The van der Waals surface area contributed by atoms with Gasteiger partial charge in [-0.1, -0.05) is 18.5 Å². The standard InChI is InChI=1S/C13H17ClN4O2S/c1-3-4-20-12-10(14)5-9(6-11(12)19-2)7-16-18-8-15-17-13(18)21/h5-6,8,16H,3-4,7H2,1-2H3,(H,17,21). The van der Waals surface area contributed by atoms with Crippen LogP contribution in [0.15, 0.2) is 18.5 Å². The Morgan fingerprint density at radius 2 is 2.29 bits per heavy atom. The van der Waals surface area contributed by atoms with E-state index in [1.807, 2.05) is 19.1 Å². The minimum Gasteiger partial charge on any atom is -0.493 e. The van der Waals surface area contributed by atoms with E-state index in [0.29, 0.717) is 34.4 Å². The number of hydrogen-bond acceptors (Lipinski definition) is 5. The van der Waals surface area contributed by atoms with E-state index in [1.165, 1.54) is 0 Å². The van der Waals surface area contributed by atoms with Crippen LogP contribution in [0.2, 0.25) is 5.02 Å². The number of aromatic nitrogens is 3. The molecule has 0 bridgehead atoms. The molecule has 0 radical (unpaired) electrons. The fraction of sp³-hybridized carbons (Fsp3) is 0.385. The van der Waals surface area contributed by atoms with Crippen LogP contribution in [0.1, 0.15) is 18.9 Å². The number of H-pyrrole nitrogens is 1. The molecule has 0 saturated heterocycles. The van der Waals surface area contributed by atoms with Gasteiger partial charge < -0.3 is 14.9 Å². The lowest BCUT2D eigenvalue weighted by Gasteiger charge is -2.14.